The average Bonchev–Trinajstić information content (AvgIpc) is 3.11. The molecule has 0 aliphatic carbocycles. The van der Waals surface area contributed by atoms with Gasteiger partial charge in [-0.3, -0.25) is 0 Å². The van der Waals surface area contributed by atoms with Gasteiger partial charge in [-0.1, -0.05) is 36.4 Å². The van der Waals surface area contributed by atoms with E-state index in [2.05, 4.69) is 43.1 Å². The van der Waals surface area contributed by atoms with Gasteiger partial charge in [-0.25, -0.2) is 0 Å². The monoisotopic (exact) mass is 257 g/mol. The number of rotatable bonds is 0. The predicted octanol–water partition coefficient (Wildman–Crippen LogP) is 5.07. The number of aryl methyl sites for hydroxylation is 2. The van der Waals surface area contributed by atoms with Gasteiger partial charge in [0.1, 0.15) is 0 Å². The molecule has 0 saturated carbocycles. The van der Waals surface area contributed by atoms with Crippen LogP contribution in [0.3, 0.4) is 0 Å². The Morgan fingerprint density at radius 3 is 1.44 bits per heavy atom. The lowest BCUT2D eigenvalue weighted by molar-refractivity contribution is 1.34. The van der Waals surface area contributed by atoms with Gasteiger partial charge in [0.15, 0.2) is 0 Å². The van der Waals surface area contributed by atoms with Crippen molar-refractivity contribution >= 4 is 11.3 Å². The van der Waals surface area contributed by atoms with E-state index < -0.39 is 0 Å². The molecule has 3 rings (SSSR count). The number of thiophene rings is 1. The molecule has 1 N–H and O–H groups in total. The highest BCUT2D eigenvalue weighted by molar-refractivity contribution is 7.07. The molecule has 0 spiro atoms. The Hall–Kier alpha value is -1.80. The number of aromatic amines is 1. The maximum atomic E-state index is 2.86. The Bertz CT molecular complexity index is 402. The molecule has 3 aromatic rings. The van der Waals surface area contributed by atoms with Crippen LogP contribution in [0.4, 0.5) is 0 Å². The first-order valence-electron chi connectivity index (χ1n) is 5.88. The van der Waals surface area contributed by atoms with Crippen molar-refractivity contribution in [2.45, 2.75) is 13.8 Å². The summed E-state index contributed by atoms with van der Waals surface area (Å²) in [6.07, 6.45) is 3.75. The van der Waals surface area contributed by atoms with Gasteiger partial charge < -0.3 is 4.98 Å². The van der Waals surface area contributed by atoms with Crippen molar-refractivity contribution < 1.29 is 0 Å². The van der Waals surface area contributed by atoms with Crippen molar-refractivity contribution in [1.82, 2.24) is 4.98 Å². The van der Waals surface area contributed by atoms with Crippen LogP contribution in [0, 0.1) is 13.8 Å². The summed E-state index contributed by atoms with van der Waals surface area (Å²) in [4.78, 5) is 2.86. The molecule has 2 heterocycles. The van der Waals surface area contributed by atoms with Crippen LogP contribution in [0.15, 0.2) is 71.7 Å². The molecular formula is C16H19NS. The molecular weight excluding hydrogens is 238 g/mol. The highest BCUT2D eigenvalue weighted by Gasteiger charge is 1.83. The van der Waals surface area contributed by atoms with E-state index in [0.717, 1.165) is 0 Å². The zero-order valence-electron chi connectivity index (χ0n) is 10.8. The van der Waals surface area contributed by atoms with Gasteiger partial charge in [-0.05, 0) is 47.9 Å². The van der Waals surface area contributed by atoms with Crippen molar-refractivity contribution in [3.05, 3.63) is 82.8 Å². The van der Waals surface area contributed by atoms with Crippen LogP contribution < -0.4 is 0 Å². The minimum absolute atomic E-state index is 1.37. The van der Waals surface area contributed by atoms with Crippen molar-refractivity contribution in [3.63, 3.8) is 0 Å². The minimum Gasteiger partial charge on any atom is -0.368 e. The van der Waals surface area contributed by atoms with E-state index >= 15 is 0 Å². The van der Waals surface area contributed by atoms with Gasteiger partial charge in [0.2, 0.25) is 0 Å². The minimum atomic E-state index is 1.37. The zero-order valence-corrected chi connectivity index (χ0v) is 11.7. The summed E-state index contributed by atoms with van der Waals surface area (Å²) in [6, 6.07) is 16.3. The second-order valence-corrected chi connectivity index (χ2v) is 4.58. The standard InChI is InChI=1S/C8H10.C4H5N.C4H4S/c1-7-5-3-4-6-8(7)2;2*1-2-4-5-3-1/h3-6H,1-2H3;1-5H;1-4H. The maximum absolute atomic E-state index is 2.86. The molecule has 0 unspecified atom stereocenters. The fourth-order valence-corrected chi connectivity index (χ4v) is 1.62. The van der Waals surface area contributed by atoms with Crippen molar-refractivity contribution in [1.29, 1.82) is 0 Å². The molecule has 1 nitrogen and oxygen atoms in total. The number of benzene rings is 1. The summed E-state index contributed by atoms with van der Waals surface area (Å²) in [5.41, 5.74) is 2.74. The third-order valence-corrected chi connectivity index (χ3v) is 2.98. The lowest BCUT2D eigenvalue weighted by atomic mass is 10.1. The Balaban J connectivity index is 0.000000141. The van der Waals surface area contributed by atoms with Crippen LogP contribution in [0.25, 0.3) is 0 Å². The Labute approximate surface area is 113 Å². The molecule has 18 heavy (non-hydrogen) atoms. The van der Waals surface area contributed by atoms with Gasteiger partial charge in [0.05, 0.1) is 0 Å². The van der Waals surface area contributed by atoms with E-state index in [9.17, 15) is 0 Å². The Morgan fingerprint density at radius 1 is 0.722 bits per heavy atom. The number of hydrogen-bond donors (Lipinski definition) is 1. The SMILES string of the molecule is Cc1ccccc1C.c1cc[nH]c1.c1ccsc1. The number of hydrogen-bond acceptors (Lipinski definition) is 1. The molecule has 1 aromatic carbocycles. The van der Waals surface area contributed by atoms with Crippen LogP contribution in [-0.4, -0.2) is 4.98 Å². The van der Waals surface area contributed by atoms with E-state index in [0.29, 0.717) is 0 Å². The first-order chi connectivity index (χ1) is 8.80. The third-order valence-electron chi connectivity index (χ3n) is 2.35. The van der Waals surface area contributed by atoms with Crippen LogP contribution in [0.5, 0.6) is 0 Å². The lowest BCUT2D eigenvalue weighted by Crippen LogP contribution is -1.74. The van der Waals surface area contributed by atoms with Crippen molar-refractivity contribution in [2.24, 2.45) is 0 Å². The first kappa shape index (κ1) is 14.3. The first-order valence-corrected chi connectivity index (χ1v) is 6.82. The predicted molar refractivity (Wildman–Crippen MR) is 81.0 cm³/mol. The summed E-state index contributed by atoms with van der Waals surface area (Å²) >= 11 is 1.71. The highest BCUT2D eigenvalue weighted by Crippen LogP contribution is 2.02. The molecule has 2 heteroatoms. The molecule has 94 valence electrons. The summed E-state index contributed by atoms with van der Waals surface area (Å²) < 4.78 is 0. The number of H-pyrrole nitrogens is 1. The molecule has 0 fully saturated rings. The van der Waals surface area contributed by atoms with Gasteiger partial charge in [-0.2, -0.15) is 11.3 Å². The molecule has 0 aliphatic rings. The number of aromatic nitrogens is 1. The normalized spacial score (nSPS) is 8.56. The van der Waals surface area contributed by atoms with Crippen LogP contribution in [0.2, 0.25) is 0 Å². The second kappa shape index (κ2) is 9.25. The molecule has 0 saturated heterocycles. The summed E-state index contributed by atoms with van der Waals surface area (Å²) in [7, 11) is 0. The Morgan fingerprint density at radius 2 is 1.22 bits per heavy atom. The average molecular weight is 257 g/mol. The van der Waals surface area contributed by atoms with E-state index in [1.54, 1.807) is 11.3 Å². The fraction of sp³-hybridized carbons (Fsp3) is 0.125. The Kier molecular flexibility index (Phi) is 7.33. The largest absolute Gasteiger partial charge is 0.368 e. The van der Waals surface area contributed by atoms with Gasteiger partial charge in [0, 0.05) is 12.4 Å². The van der Waals surface area contributed by atoms with Crippen LogP contribution >= 0.6 is 11.3 Å². The van der Waals surface area contributed by atoms with Crippen LogP contribution in [-0.2, 0) is 0 Å². The van der Waals surface area contributed by atoms with E-state index in [-0.39, 0.29) is 0 Å². The van der Waals surface area contributed by atoms with Gasteiger partial charge >= 0.3 is 0 Å². The quantitative estimate of drug-likeness (QED) is 0.579. The lowest BCUT2D eigenvalue weighted by Gasteiger charge is -1.93. The second-order valence-electron chi connectivity index (χ2n) is 3.76. The number of nitrogens with one attached hydrogen (secondary N) is 1. The van der Waals surface area contributed by atoms with E-state index in [1.807, 2.05) is 47.4 Å². The molecule has 0 atom stereocenters. The topological polar surface area (TPSA) is 15.8 Å². The molecule has 0 bridgehead atoms. The molecule has 0 radical (unpaired) electrons. The zero-order chi connectivity index (χ0) is 13.1. The highest BCUT2D eigenvalue weighted by atomic mass is 32.1. The summed E-state index contributed by atoms with van der Waals surface area (Å²) in [5, 5.41) is 4.08. The smallest absolute Gasteiger partial charge is 0.000496 e. The van der Waals surface area contributed by atoms with Gasteiger partial charge in [0.25, 0.3) is 0 Å². The maximum Gasteiger partial charge on any atom is 0.000496 e. The van der Waals surface area contributed by atoms with Crippen LogP contribution in [0.1, 0.15) is 11.1 Å². The summed E-state index contributed by atoms with van der Waals surface area (Å²) in [6.45, 7) is 4.24. The van der Waals surface area contributed by atoms with E-state index in [4.69, 9.17) is 0 Å². The third kappa shape index (κ3) is 6.71. The fourth-order valence-electron chi connectivity index (χ4n) is 1.17. The molecule has 0 amide bonds. The van der Waals surface area contributed by atoms with E-state index in [1.165, 1.54) is 11.1 Å². The molecule has 2 aromatic heterocycles. The van der Waals surface area contributed by atoms with Crippen molar-refractivity contribution in [3.8, 4) is 0 Å². The molecule has 0 aliphatic heterocycles. The van der Waals surface area contributed by atoms with Crippen molar-refractivity contribution in [2.75, 3.05) is 0 Å². The van der Waals surface area contributed by atoms with Gasteiger partial charge in [-0.15, -0.1) is 0 Å². The summed E-state index contributed by atoms with van der Waals surface area (Å²) in [5.74, 6) is 0.